The quantitative estimate of drug-likeness (QED) is 0.735. The molecule has 1 heterocycles. The van der Waals surface area contributed by atoms with Gasteiger partial charge in [0, 0.05) is 12.1 Å². The molecule has 0 aliphatic heterocycles. The summed E-state index contributed by atoms with van der Waals surface area (Å²) in [5.41, 5.74) is 5.34. The number of nitrogen functional groups attached to an aromatic ring is 1. The number of anilines is 1. The number of aromatic amines is 1. The van der Waals surface area contributed by atoms with Crippen molar-refractivity contribution in [1.82, 2.24) is 15.5 Å². The third kappa shape index (κ3) is 3.76. The van der Waals surface area contributed by atoms with Crippen molar-refractivity contribution in [1.29, 1.82) is 0 Å². The number of nitrogens with two attached hydrogens (primary N) is 1. The number of hydrogen-bond donors (Lipinski definition) is 3. The lowest BCUT2D eigenvalue weighted by Crippen LogP contribution is -2.47. The van der Waals surface area contributed by atoms with Crippen molar-refractivity contribution in [2.24, 2.45) is 5.92 Å². The van der Waals surface area contributed by atoms with Crippen LogP contribution in [0, 0.1) is 5.92 Å². The van der Waals surface area contributed by atoms with Crippen molar-refractivity contribution < 1.29 is 31.1 Å². The number of alkyl halides is 6. The topological polar surface area (TPSA) is 83.8 Å². The molecular weight excluding hydrogens is 282 g/mol. The van der Waals surface area contributed by atoms with Crippen molar-refractivity contribution in [2.45, 2.75) is 18.9 Å². The second kappa shape index (κ2) is 4.97. The van der Waals surface area contributed by atoms with Gasteiger partial charge in [-0.25, -0.2) is 0 Å². The van der Waals surface area contributed by atoms with Gasteiger partial charge in [-0.1, -0.05) is 0 Å². The maximum Gasteiger partial charge on any atom is 0.409 e. The standard InChI is InChI=1S/C8H8F6N4O/c9-7(10,11)4(8(12,13)14)6(19)16-1-3-2-17-18-5(3)15/h2,4H,1H2,(H,16,19)(H3,15,17,18). The molecule has 0 fully saturated rings. The molecule has 1 amide bonds. The minimum Gasteiger partial charge on any atom is -0.384 e. The van der Waals surface area contributed by atoms with Gasteiger partial charge in [-0.2, -0.15) is 31.4 Å². The average molecular weight is 290 g/mol. The number of nitrogens with zero attached hydrogens (tertiary/aromatic N) is 1. The fourth-order valence-electron chi connectivity index (χ4n) is 1.23. The van der Waals surface area contributed by atoms with Crippen LogP contribution in [-0.4, -0.2) is 28.5 Å². The lowest BCUT2D eigenvalue weighted by Gasteiger charge is -2.21. The zero-order valence-corrected chi connectivity index (χ0v) is 9.06. The van der Waals surface area contributed by atoms with Gasteiger partial charge in [0.25, 0.3) is 0 Å². The van der Waals surface area contributed by atoms with Gasteiger partial charge in [0.05, 0.1) is 6.20 Å². The summed E-state index contributed by atoms with van der Waals surface area (Å²) in [6, 6.07) is 0. The Hall–Kier alpha value is -1.94. The Morgan fingerprint density at radius 1 is 1.32 bits per heavy atom. The van der Waals surface area contributed by atoms with E-state index >= 15 is 0 Å². The van der Waals surface area contributed by atoms with E-state index in [0.29, 0.717) is 0 Å². The Bertz CT molecular complexity index is 437. The second-order valence-electron chi connectivity index (χ2n) is 3.54. The molecule has 0 aliphatic carbocycles. The normalized spacial score (nSPS) is 12.8. The van der Waals surface area contributed by atoms with E-state index in [1.165, 1.54) is 5.32 Å². The maximum atomic E-state index is 12.2. The lowest BCUT2D eigenvalue weighted by molar-refractivity contribution is -0.274. The number of rotatable bonds is 3. The molecule has 5 nitrogen and oxygen atoms in total. The summed E-state index contributed by atoms with van der Waals surface area (Å²) in [4.78, 5) is 11.0. The summed E-state index contributed by atoms with van der Waals surface area (Å²) in [5, 5.41) is 7.13. The van der Waals surface area contributed by atoms with E-state index in [2.05, 4.69) is 10.2 Å². The zero-order valence-electron chi connectivity index (χ0n) is 9.06. The van der Waals surface area contributed by atoms with Crippen LogP contribution >= 0.6 is 0 Å². The highest BCUT2D eigenvalue weighted by Crippen LogP contribution is 2.39. The average Bonchev–Trinajstić information content (AvgIpc) is 2.56. The first-order valence-electron chi connectivity index (χ1n) is 4.72. The van der Waals surface area contributed by atoms with Gasteiger partial charge in [0.1, 0.15) is 5.82 Å². The SMILES string of the molecule is Nc1[nH]ncc1CNC(=O)C(C(F)(F)F)C(F)(F)F. The number of H-pyrrole nitrogens is 1. The monoisotopic (exact) mass is 290 g/mol. The van der Waals surface area contributed by atoms with E-state index in [4.69, 9.17) is 5.73 Å². The molecule has 0 saturated carbocycles. The first-order chi connectivity index (χ1) is 8.53. The van der Waals surface area contributed by atoms with Gasteiger partial charge in [0.2, 0.25) is 11.8 Å². The molecule has 0 aliphatic rings. The fraction of sp³-hybridized carbons (Fsp3) is 0.500. The van der Waals surface area contributed by atoms with E-state index in [-0.39, 0.29) is 11.4 Å². The molecule has 0 atom stereocenters. The molecule has 1 aromatic rings. The second-order valence-corrected chi connectivity index (χ2v) is 3.54. The van der Waals surface area contributed by atoms with Crippen LogP contribution in [0.2, 0.25) is 0 Å². The summed E-state index contributed by atoms with van der Waals surface area (Å²) in [6.07, 6.45) is -10.4. The molecule has 0 aromatic carbocycles. The summed E-state index contributed by atoms with van der Waals surface area (Å²) >= 11 is 0. The van der Waals surface area contributed by atoms with Gasteiger partial charge in [-0.05, 0) is 0 Å². The van der Waals surface area contributed by atoms with Gasteiger partial charge in [-0.15, -0.1) is 0 Å². The van der Waals surface area contributed by atoms with Crippen LogP contribution in [0.5, 0.6) is 0 Å². The van der Waals surface area contributed by atoms with E-state index in [9.17, 15) is 31.1 Å². The number of halogens is 6. The first-order valence-corrected chi connectivity index (χ1v) is 4.72. The summed E-state index contributed by atoms with van der Waals surface area (Å²) in [6.45, 7) is -0.593. The molecule has 11 heteroatoms. The third-order valence-corrected chi connectivity index (χ3v) is 2.12. The molecule has 108 valence electrons. The van der Waals surface area contributed by atoms with E-state index in [1.54, 1.807) is 0 Å². The highest BCUT2D eigenvalue weighted by molar-refractivity contribution is 5.80. The number of nitrogens with one attached hydrogen (secondary N) is 2. The summed E-state index contributed by atoms with van der Waals surface area (Å²) in [7, 11) is 0. The van der Waals surface area contributed by atoms with E-state index in [1.807, 2.05) is 0 Å². The van der Waals surface area contributed by atoms with Gasteiger partial charge in [-0.3, -0.25) is 9.89 Å². The maximum absolute atomic E-state index is 12.2. The molecule has 4 N–H and O–H groups in total. The minimum absolute atomic E-state index is 0.0594. The Morgan fingerprint density at radius 2 is 1.84 bits per heavy atom. The Kier molecular flexibility index (Phi) is 3.96. The molecule has 1 aromatic heterocycles. The number of aromatic nitrogens is 2. The largest absolute Gasteiger partial charge is 0.409 e. The van der Waals surface area contributed by atoms with Crippen LogP contribution in [0.4, 0.5) is 32.2 Å². The first kappa shape index (κ1) is 15.1. The summed E-state index contributed by atoms with van der Waals surface area (Å²) in [5.74, 6) is -6.33. The Labute approximate surface area is 102 Å². The van der Waals surface area contributed by atoms with E-state index < -0.39 is 30.7 Å². The number of hydrogen-bond acceptors (Lipinski definition) is 3. The Balaban J connectivity index is 2.77. The van der Waals surface area contributed by atoms with Crippen LogP contribution in [-0.2, 0) is 11.3 Å². The van der Waals surface area contributed by atoms with Crippen LogP contribution in [0.25, 0.3) is 0 Å². The number of carbonyl (C=O) groups is 1. The summed E-state index contributed by atoms with van der Waals surface area (Å²) < 4.78 is 73.1. The molecule has 0 spiro atoms. The van der Waals surface area contributed by atoms with E-state index in [0.717, 1.165) is 6.20 Å². The Morgan fingerprint density at radius 3 is 2.21 bits per heavy atom. The fourth-order valence-corrected chi connectivity index (χ4v) is 1.23. The lowest BCUT2D eigenvalue weighted by atomic mass is 10.1. The smallest absolute Gasteiger partial charge is 0.384 e. The van der Waals surface area contributed by atoms with Crippen molar-refractivity contribution in [3.05, 3.63) is 11.8 Å². The molecule has 19 heavy (non-hydrogen) atoms. The highest BCUT2D eigenvalue weighted by atomic mass is 19.4. The molecule has 1 rings (SSSR count). The van der Waals surface area contributed by atoms with Crippen molar-refractivity contribution in [2.75, 3.05) is 5.73 Å². The van der Waals surface area contributed by atoms with Crippen LogP contribution in [0.1, 0.15) is 5.56 Å². The predicted octanol–water partition coefficient (Wildman–Crippen LogP) is 1.35. The van der Waals surface area contributed by atoms with Crippen molar-refractivity contribution >= 4 is 11.7 Å². The molecular formula is C8H8F6N4O. The zero-order chi connectivity index (χ0) is 14.8. The van der Waals surface area contributed by atoms with Crippen LogP contribution in [0.3, 0.4) is 0 Å². The van der Waals surface area contributed by atoms with Gasteiger partial charge in [0.15, 0.2) is 0 Å². The molecule has 0 unspecified atom stereocenters. The molecule has 0 bridgehead atoms. The number of amides is 1. The van der Waals surface area contributed by atoms with Crippen molar-refractivity contribution in [3.8, 4) is 0 Å². The van der Waals surface area contributed by atoms with Crippen LogP contribution in [0.15, 0.2) is 6.20 Å². The molecule has 0 saturated heterocycles. The predicted molar refractivity (Wildman–Crippen MR) is 50.4 cm³/mol. The van der Waals surface area contributed by atoms with Crippen LogP contribution < -0.4 is 11.1 Å². The minimum atomic E-state index is -5.72. The van der Waals surface area contributed by atoms with Gasteiger partial charge >= 0.3 is 12.4 Å². The third-order valence-electron chi connectivity index (χ3n) is 2.12. The number of carbonyl (C=O) groups excluding carboxylic acids is 1. The van der Waals surface area contributed by atoms with Crippen molar-refractivity contribution in [3.63, 3.8) is 0 Å². The molecule has 0 radical (unpaired) electrons. The highest BCUT2D eigenvalue weighted by Gasteiger charge is 2.61. The van der Waals surface area contributed by atoms with Gasteiger partial charge < -0.3 is 11.1 Å².